The lowest BCUT2D eigenvalue weighted by atomic mass is 10.2. The van der Waals surface area contributed by atoms with E-state index in [1.165, 1.54) is 0 Å². The van der Waals surface area contributed by atoms with Crippen molar-refractivity contribution in [1.82, 2.24) is 9.55 Å². The SMILES string of the molecule is COCCCn1c(-c2ccccc2)nc2ccc(Cl)cc21. The molecule has 21 heavy (non-hydrogen) atoms. The zero-order valence-corrected chi connectivity index (χ0v) is 12.7. The zero-order chi connectivity index (χ0) is 14.7. The summed E-state index contributed by atoms with van der Waals surface area (Å²) in [5.41, 5.74) is 3.15. The Morgan fingerprint density at radius 3 is 2.71 bits per heavy atom. The molecule has 0 fully saturated rings. The highest BCUT2D eigenvalue weighted by Gasteiger charge is 2.12. The molecule has 0 atom stereocenters. The van der Waals surface area contributed by atoms with Gasteiger partial charge in [0.1, 0.15) is 5.82 Å². The first-order valence-electron chi connectivity index (χ1n) is 7.00. The fraction of sp³-hybridized carbons (Fsp3) is 0.235. The van der Waals surface area contributed by atoms with E-state index in [0.29, 0.717) is 0 Å². The summed E-state index contributed by atoms with van der Waals surface area (Å²) in [6.45, 7) is 1.59. The summed E-state index contributed by atoms with van der Waals surface area (Å²) >= 11 is 6.14. The van der Waals surface area contributed by atoms with E-state index in [2.05, 4.69) is 16.7 Å². The topological polar surface area (TPSA) is 27.1 Å². The molecule has 0 amide bonds. The molecule has 0 spiro atoms. The van der Waals surface area contributed by atoms with Gasteiger partial charge < -0.3 is 9.30 Å². The van der Waals surface area contributed by atoms with Gasteiger partial charge >= 0.3 is 0 Å². The average molecular weight is 301 g/mol. The van der Waals surface area contributed by atoms with Crippen LogP contribution >= 0.6 is 11.6 Å². The molecule has 0 aliphatic heterocycles. The van der Waals surface area contributed by atoms with Crippen molar-refractivity contribution in [2.24, 2.45) is 0 Å². The van der Waals surface area contributed by atoms with Crippen LogP contribution in [-0.2, 0) is 11.3 Å². The number of aryl methyl sites for hydroxylation is 1. The van der Waals surface area contributed by atoms with Crippen molar-refractivity contribution >= 4 is 22.6 Å². The Kier molecular flexibility index (Phi) is 4.23. The van der Waals surface area contributed by atoms with Gasteiger partial charge in [0.15, 0.2) is 0 Å². The molecule has 3 nitrogen and oxygen atoms in total. The van der Waals surface area contributed by atoms with Crippen LogP contribution in [0.4, 0.5) is 0 Å². The Balaban J connectivity index is 2.11. The lowest BCUT2D eigenvalue weighted by Gasteiger charge is -2.09. The third-order valence-electron chi connectivity index (χ3n) is 3.47. The molecule has 0 N–H and O–H groups in total. The van der Waals surface area contributed by atoms with Crippen LogP contribution in [0.5, 0.6) is 0 Å². The first-order valence-corrected chi connectivity index (χ1v) is 7.37. The Labute approximate surface area is 129 Å². The van der Waals surface area contributed by atoms with Crippen LogP contribution in [0.1, 0.15) is 6.42 Å². The van der Waals surface area contributed by atoms with Crippen molar-refractivity contribution < 1.29 is 4.74 Å². The number of fused-ring (bicyclic) bond motifs is 1. The summed E-state index contributed by atoms with van der Waals surface area (Å²) < 4.78 is 7.38. The molecule has 2 aromatic carbocycles. The van der Waals surface area contributed by atoms with Crippen molar-refractivity contribution in [3.8, 4) is 11.4 Å². The van der Waals surface area contributed by atoms with E-state index in [9.17, 15) is 0 Å². The van der Waals surface area contributed by atoms with Crippen LogP contribution in [0.25, 0.3) is 22.4 Å². The fourth-order valence-electron chi connectivity index (χ4n) is 2.50. The van der Waals surface area contributed by atoms with E-state index < -0.39 is 0 Å². The van der Waals surface area contributed by atoms with Gasteiger partial charge in [0.25, 0.3) is 0 Å². The summed E-state index contributed by atoms with van der Waals surface area (Å²) in [4.78, 5) is 4.77. The standard InChI is InChI=1S/C17H17ClN2O/c1-21-11-5-10-20-16-12-14(18)8-9-15(16)19-17(20)13-6-3-2-4-7-13/h2-4,6-9,12H,5,10-11H2,1H3. The van der Waals surface area contributed by atoms with Gasteiger partial charge in [-0.15, -0.1) is 0 Å². The largest absolute Gasteiger partial charge is 0.385 e. The molecule has 0 aliphatic carbocycles. The minimum atomic E-state index is 0.731. The second-order valence-corrected chi connectivity index (χ2v) is 5.37. The van der Waals surface area contributed by atoms with Crippen LogP contribution < -0.4 is 0 Å². The number of hydrogen-bond acceptors (Lipinski definition) is 2. The predicted octanol–water partition coefficient (Wildman–Crippen LogP) is 4.39. The first kappa shape index (κ1) is 14.1. The molecule has 108 valence electrons. The highest BCUT2D eigenvalue weighted by Crippen LogP contribution is 2.27. The molecular weight excluding hydrogens is 284 g/mol. The fourth-order valence-corrected chi connectivity index (χ4v) is 2.66. The predicted molar refractivity (Wildman–Crippen MR) is 86.7 cm³/mol. The molecule has 1 aromatic heterocycles. The van der Waals surface area contributed by atoms with Gasteiger partial charge in [-0.3, -0.25) is 0 Å². The molecule has 4 heteroatoms. The summed E-state index contributed by atoms with van der Waals surface area (Å²) in [5, 5.41) is 0.731. The number of nitrogens with zero attached hydrogens (tertiary/aromatic N) is 2. The Morgan fingerprint density at radius 2 is 1.95 bits per heavy atom. The summed E-state index contributed by atoms with van der Waals surface area (Å²) in [6.07, 6.45) is 0.939. The number of aromatic nitrogens is 2. The van der Waals surface area contributed by atoms with Gasteiger partial charge in [-0.2, -0.15) is 0 Å². The number of imidazole rings is 1. The summed E-state index contributed by atoms with van der Waals surface area (Å²) in [7, 11) is 1.72. The Bertz CT molecular complexity index is 737. The number of halogens is 1. The maximum absolute atomic E-state index is 6.14. The second kappa shape index (κ2) is 6.29. The maximum atomic E-state index is 6.14. The molecule has 0 aliphatic rings. The summed E-state index contributed by atoms with van der Waals surface area (Å²) in [5.74, 6) is 0.976. The molecule has 0 unspecified atom stereocenters. The molecule has 0 saturated carbocycles. The lowest BCUT2D eigenvalue weighted by molar-refractivity contribution is 0.191. The number of benzene rings is 2. The van der Waals surface area contributed by atoms with Crippen molar-refractivity contribution in [3.05, 3.63) is 53.6 Å². The molecule has 3 rings (SSSR count). The van der Waals surface area contributed by atoms with Gasteiger partial charge in [-0.25, -0.2) is 4.98 Å². The highest BCUT2D eigenvalue weighted by atomic mass is 35.5. The van der Waals surface area contributed by atoms with Crippen LogP contribution in [0.2, 0.25) is 5.02 Å². The van der Waals surface area contributed by atoms with E-state index in [1.54, 1.807) is 7.11 Å². The molecule has 0 saturated heterocycles. The van der Waals surface area contributed by atoms with Gasteiger partial charge in [0, 0.05) is 30.8 Å². The van der Waals surface area contributed by atoms with Crippen molar-refractivity contribution in [3.63, 3.8) is 0 Å². The lowest BCUT2D eigenvalue weighted by Crippen LogP contribution is -2.03. The molecule has 0 bridgehead atoms. The van der Waals surface area contributed by atoms with Gasteiger partial charge in [-0.1, -0.05) is 41.9 Å². The van der Waals surface area contributed by atoms with E-state index in [-0.39, 0.29) is 0 Å². The van der Waals surface area contributed by atoms with Gasteiger partial charge in [0.05, 0.1) is 11.0 Å². The number of hydrogen-bond donors (Lipinski definition) is 0. The minimum absolute atomic E-state index is 0.731. The molecule has 3 aromatic rings. The average Bonchev–Trinajstić information content (AvgIpc) is 2.87. The smallest absolute Gasteiger partial charge is 0.141 e. The van der Waals surface area contributed by atoms with Crippen LogP contribution in [-0.4, -0.2) is 23.3 Å². The van der Waals surface area contributed by atoms with E-state index >= 15 is 0 Å². The van der Waals surface area contributed by atoms with E-state index in [4.69, 9.17) is 21.3 Å². The van der Waals surface area contributed by atoms with Gasteiger partial charge in [0.2, 0.25) is 0 Å². The zero-order valence-electron chi connectivity index (χ0n) is 11.9. The number of ether oxygens (including phenoxy) is 1. The normalized spacial score (nSPS) is 11.1. The third kappa shape index (κ3) is 2.94. The van der Waals surface area contributed by atoms with E-state index in [1.807, 2.05) is 36.4 Å². The van der Waals surface area contributed by atoms with Crippen molar-refractivity contribution in [2.75, 3.05) is 13.7 Å². The van der Waals surface area contributed by atoms with Crippen molar-refractivity contribution in [2.45, 2.75) is 13.0 Å². The minimum Gasteiger partial charge on any atom is -0.385 e. The highest BCUT2D eigenvalue weighted by molar-refractivity contribution is 6.31. The quantitative estimate of drug-likeness (QED) is 0.653. The first-order chi connectivity index (χ1) is 10.3. The molecule has 1 heterocycles. The number of rotatable bonds is 5. The Hall–Kier alpha value is -1.84. The van der Waals surface area contributed by atoms with Crippen LogP contribution in [0.3, 0.4) is 0 Å². The molecule has 0 radical (unpaired) electrons. The monoisotopic (exact) mass is 300 g/mol. The van der Waals surface area contributed by atoms with Crippen molar-refractivity contribution in [1.29, 1.82) is 0 Å². The van der Waals surface area contributed by atoms with Crippen LogP contribution in [0, 0.1) is 0 Å². The maximum Gasteiger partial charge on any atom is 0.141 e. The summed E-state index contributed by atoms with van der Waals surface area (Å²) in [6, 6.07) is 16.1. The third-order valence-corrected chi connectivity index (χ3v) is 3.71. The van der Waals surface area contributed by atoms with E-state index in [0.717, 1.165) is 47.0 Å². The van der Waals surface area contributed by atoms with Crippen LogP contribution in [0.15, 0.2) is 48.5 Å². The molecular formula is C17H17ClN2O. The second-order valence-electron chi connectivity index (χ2n) is 4.93. The number of methoxy groups -OCH3 is 1. The Morgan fingerprint density at radius 1 is 1.14 bits per heavy atom. The van der Waals surface area contributed by atoms with Gasteiger partial charge in [-0.05, 0) is 24.6 Å².